The lowest BCUT2D eigenvalue weighted by Gasteiger charge is -2.11. The van der Waals surface area contributed by atoms with Crippen LogP contribution in [0.4, 0.5) is 17.2 Å². The molecule has 0 fully saturated rings. The van der Waals surface area contributed by atoms with Crippen LogP contribution in [-0.4, -0.2) is 9.78 Å². The summed E-state index contributed by atoms with van der Waals surface area (Å²) in [5.41, 5.74) is 9.75. The largest absolute Gasteiger partial charge is 0.394 e. The Labute approximate surface area is 118 Å². The fraction of sp³-hybridized carbons (Fsp3) is 0.357. The molecule has 102 valence electrons. The van der Waals surface area contributed by atoms with E-state index in [-0.39, 0.29) is 0 Å². The number of halogens is 1. The molecule has 2 rings (SSSR count). The standard InChI is InChI=1S/C14H19ClN4/c1-4-6-12-13(16)14(19(3)18-12)17-11-8-5-7-10(15)9(11)2/h5,7-8,17H,4,6,16H2,1-3H3. The summed E-state index contributed by atoms with van der Waals surface area (Å²) >= 11 is 6.12. The maximum Gasteiger partial charge on any atom is 0.152 e. The fourth-order valence-electron chi connectivity index (χ4n) is 2.04. The van der Waals surface area contributed by atoms with E-state index in [2.05, 4.69) is 17.3 Å². The Kier molecular flexibility index (Phi) is 4.00. The van der Waals surface area contributed by atoms with Gasteiger partial charge in [0, 0.05) is 17.8 Å². The fourth-order valence-corrected chi connectivity index (χ4v) is 2.21. The van der Waals surface area contributed by atoms with E-state index in [4.69, 9.17) is 17.3 Å². The van der Waals surface area contributed by atoms with Gasteiger partial charge < -0.3 is 11.1 Å². The molecule has 0 aliphatic rings. The van der Waals surface area contributed by atoms with E-state index in [9.17, 15) is 0 Å². The number of nitrogen functional groups attached to an aromatic ring is 1. The first kappa shape index (κ1) is 13.7. The van der Waals surface area contributed by atoms with Gasteiger partial charge in [-0.05, 0) is 31.0 Å². The molecule has 1 heterocycles. The maximum atomic E-state index is 6.15. The molecular formula is C14H19ClN4. The Morgan fingerprint density at radius 2 is 2.16 bits per heavy atom. The van der Waals surface area contributed by atoms with Crippen LogP contribution in [-0.2, 0) is 13.5 Å². The predicted octanol–water partition coefficient (Wildman–Crippen LogP) is 3.66. The first-order valence-electron chi connectivity index (χ1n) is 6.38. The number of aromatic nitrogens is 2. The zero-order valence-electron chi connectivity index (χ0n) is 11.5. The Bertz CT molecular complexity index is 589. The summed E-state index contributed by atoms with van der Waals surface area (Å²) in [5, 5.41) is 8.50. The van der Waals surface area contributed by atoms with Crippen molar-refractivity contribution in [2.24, 2.45) is 7.05 Å². The molecule has 3 N–H and O–H groups in total. The summed E-state index contributed by atoms with van der Waals surface area (Å²) in [6, 6.07) is 5.77. The van der Waals surface area contributed by atoms with Crippen molar-refractivity contribution in [1.82, 2.24) is 9.78 Å². The monoisotopic (exact) mass is 278 g/mol. The number of nitrogens with two attached hydrogens (primary N) is 1. The summed E-state index contributed by atoms with van der Waals surface area (Å²) in [7, 11) is 1.89. The highest BCUT2D eigenvalue weighted by atomic mass is 35.5. The smallest absolute Gasteiger partial charge is 0.152 e. The first-order valence-corrected chi connectivity index (χ1v) is 6.75. The topological polar surface area (TPSA) is 55.9 Å². The zero-order valence-corrected chi connectivity index (χ0v) is 12.3. The minimum Gasteiger partial charge on any atom is -0.394 e. The maximum absolute atomic E-state index is 6.15. The minimum absolute atomic E-state index is 0.712. The summed E-state index contributed by atoms with van der Waals surface area (Å²) in [4.78, 5) is 0. The molecule has 1 aromatic carbocycles. The van der Waals surface area contributed by atoms with Gasteiger partial charge in [-0.1, -0.05) is 31.0 Å². The van der Waals surface area contributed by atoms with Crippen molar-refractivity contribution in [3.8, 4) is 0 Å². The predicted molar refractivity (Wildman–Crippen MR) is 81.1 cm³/mol. The molecule has 0 saturated heterocycles. The minimum atomic E-state index is 0.712. The quantitative estimate of drug-likeness (QED) is 0.897. The van der Waals surface area contributed by atoms with Gasteiger partial charge in [0.05, 0.1) is 11.4 Å². The third kappa shape index (κ3) is 2.68. The molecule has 0 unspecified atom stereocenters. The van der Waals surface area contributed by atoms with Crippen molar-refractivity contribution in [1.29, 1.82) is 0 Å². The van der Waals surface area contributed by atoms with Crippen LogP contribution in [0.2, 0.25) is 5.02 Å². The normalized spacial score (nSPS) is 10.7. The molecule has 0 saturated carbocycles. The van der Waals surface area contributed by atoms with E-state index < -0.39 is 0 Å². The molecule has 0 aliphatic carbocycles. The van der Waals surface area contributed by atoms with Crippen LogP contribution < -0.4 is 11.1 Å². The highest BCUT2D eigenvalue weighted by Gasteiger charge is 2.13. The number of rotatable bonds is 4. The van der Waals surface area contributed by atoms with Crippen LogP contribution >= 0.6 is 11.6 Å². The zero-order chi connectivity index (χ0) is 14.0. The van der Waals surface area contributed by atoms with Gasteiger partial charge in [0.25, 0.3) is 0 Å². The highest BCUT2D eigenvalue weighted by Crippen LogP contribution is 2.30. The number of anilines is 3. The molecule has 2 aromatic rings. The lowest BCUT2D eigenvalue weighted by Crippen LogP contribution is -2.02. The van der Waals surface area contributed by atoms with Gasteiger partial charge in [0.2, 0.25) is 0 Å². The molecular weight excluding hydrogens is 260 g/mol. The van der Waals surface area contributed by atoms with E-state index >= 15 is 0 Å². The van der Waals surface area contributed by atoms with Gasteiger partial charge in [-0.2, -0.15) is 5.10 Å². The molecule has 0 aliphatic heterocycles. The molecule has 0 atom stereocenters. The van der Waals surface area contributed by atoms with Crippen LogP contribution in [0.15, 0.2) is 18.2 Å². The average Bonchev–Trinajstić information content (AvgIpc) is 2.63. The molecule has 0 amide bonds. The summed E-state index contributed by atoms with van der Waals surface area (Å²) in [6.07, 6.45) is 1.91. The second-order valence-electron chi connectivity index (χ2n) is 4.62. The van der Waals surface area contributed by atoms with Crippen molar-refractivity contribution in [3.05, 3.63) is 34.5 Å². The van der Waals surface area contributed by atoms with Crippen LogP contribution in [0.3, 0.4) is 0 Å². The van der Waals surface area contributed by atoms with Gasteiger partial charge in [-0.25, -0.2) is 0 Å². The van der Waals surface area contributed by atoms with E-state index in [1.807, 2.05) is 32.2 Å². The number of benzene rings is 1. The van der Waals surface area contributed by atoms with Gasteiger partial charge in [0.1, 0.15) is 0 Å². The summed E-state index contributed by atoms with van der Waals surface area (Å²) in [6.45, 7) is 4.09. The lowest BCUT2D eigenvalue weighted by molar-refractivity contribution is 0.740. The summed E-state index contributed by atoms with van der Waals surface area (Å²) in [5.74, 6) is 0.814. The third-order valence-corrected chi connectivity index (χ3v) is 3.58. The molecule has 0 radical (unpaired) electrons. The average molecular weight is 279 g/mol. The second-order valence-corrected chi connectivity index (χ2v) is 5.03. The highest BCUT2D eigenvalue weighted by molar-refractivity contribution is 6.31. The second kappa shape index (κ2) is 5.53. The van der Waals surface area contributed by atoms with Crippen molar-refractivity contribution in [2.45, 2.75) is 26.7 Å². The summed E-state index contributed by atoms with van der Waals surface area (Å²) < 4.78 is 1.78. The van der Waals surface area contributed by atoms with Crippen LogP contribution in [0.5, 0.6) is 0 Å². The van der Waals surface area contributed by atoms with E-state index in [0.29, 0.717) is 5.69 Å². The van der Waals surface area contributed by atoms with Gasteiger partial charge >= 0.3 is 0 Å². The van der Waals surface area contributed by atoms with Gasteiger partial charge in [0.15, 0.2) is 5.82 Å². The van der Waals surface area contributed by atoms with Crippen molar-refractivity contribution < 1.29 is 0 Å². The van der Waals surface area contributed by atoms with E-state index in [0.717, 1.165) is 40.6 Å². The van der Waals surface area contributed by atoms with Gasteiger partial charge in [-0.15, -0.1) is 0 Å². The SMILES string of the molecule is CCCc1nn(C)c(Nc2cccc(Cl)c2C)c1N. The van der Waals surface area contributed by atoms with E-state index in [1.54, 1.807) is 4.68 Å². The van der Waals surface area contributed by atoms with Crippen LogP contribution in [0, 0.1) is 6.92 Å². The van der Waals surface area contributed by atoms with Crippen LogP contribution in [0.1, 0.15) is 24.6 Å². The molecule has 5 heteroatoms. The Morgan fingerprint density at radius 3 is 2.84 bits per heavy atom. The van der Waals surface area contributed by atoms with Crippen molar-refractivity contribution >= 4 is 28.8 Å². The van der Waals surface area contributed by atoms with E-state index in [1.165, 1.54) is 0 Å². The van der Waals surface area contributed by atoms with Crippen molar-refractivity contribution in [2.75, 3.05) is 11.1 Å². The molecule has 19 heavy (non-hydrogen) atoms. The first-order chi connectivity index (χ1) is 9.04. The van der Waals surface area contributed by atoms with Gasteiger partial charge in [-0.3, -0.25) is 4.68 Å². The Morgan fingerprint density at radius 1 is 1.42 bits per heavy atom. The van der Waals surface area contributed by atoms with Crippen LogP contribution in [0.25, 0.3) is 0 Å². The molecule has 4 nitrogen and oxygen atoms in total. The number of nitrogens with zero attached hydrogens (tertiary/aromatic N) is 2. The van der Waals surface area contributed by atoms with Crippen molar-refractivity contribution in [3.63, 3.8) is 0 Å². The Hall–Kier alpha value is -1.68. The number of nitrogens with one attached hydrogen (secondary N) is 1. The molecule has 0 bridgehead atoms. The third-order valence-electron chi connectivity index (χ3n) is 3.17. The lowest BCUT2D eigenvalue weighted by atomic mass is 10.2. The molecule has 0 spiro atoms. The number of aryl methyl sites for hydroxylation is 2. The molecule has 1 aromatic heterocycles. The Balaban J connectivity index is 2.36. The number of hydrogen-bond donors (Lipinski definition) is 2. The number of hydrogen-bond acceptors (Lipinski definition) is 3.